The molecule has 0 spiro atoms. The highest BCUT2D eigenvalue weighted by atomic mass is 16.6. The fourth-order valence-corrected chi connectivity index (χ4v) is 7.40. The van der Waals surface area contributed by atoms with E-state index < -0.39 is 23.7 Å². The first kappa shape index (κ1) is 38.6. The molecular formula is C46H54N2O6. The van der Waals surface area contributed by atoms with Gasteiger partial charge in [0.2, 0.25) is 5.91 Å². The molecule has 2 aliphatic rings. The van der Waals surface area contributed by atoms with Crippen LogP contribution < -0.4 is 14.8 Å². The largest absolute Gasteiger partial charge is 0.485 e. The predicted molar refractivity (Wildman–Crippen MR) is 211 cm³/mol. The molecule has 1 aliphatic carbocycles. The van der Waals surface area contributed by atoms with Crippen LogP contribution in [0.1, 0.15) is 108 Å². The van der Waals surface area contributed by atoms with Crippen LogP contribution in [0.15, 0.2) is 97.1 Å². The minimum absolute atomic E-state index is 0.0346. The fourth-order valence-electron chi connectivity index (χ4n) is 7.40. The number of hydrogen-bond donors (Lipinski definition) is 1. The Morgan fingerprint density at radius 1 is 0.796 bits per heavy atom. The third-order valence-corrected chi connectivity index (χ3v) is 10.2. The molecule has 1 fully saturated rings. The number of rotatable bonds is 10. The number of carbonyl (C=O) groups excluding carboxylic acids is 3. The molecule has 1 saturated carbocycles. The molecule has 1 heterocycles. The third-order valence-electron chi connectivity index (χ3n) is 10.2. The van der Waals surface area contributed by atoms with E-state index in [1.54, 1.807) is 12.1 Å². The Morgan fingerprint density at radius 2 is 1.44 bits per heavy atom. The van der Waals surface area contributed by atoms with E-state index in [2.05, 4.69) is 56.4 Å². The number of benzene rings is 4. The standard InChI is InChI=1S/C46H54N2O6/c1-45(2,3)36-20-24-38(25-21-36)53-42(34-14-10-11-15-34)35-17-16-33-27-29-48(44(51)54-46(4,5)6)41(39(33)30-35)43(50)47-28-26-40(49)52-37-22-18-32(19-23-37)31-12-8-7-9-13-31/h7-9,12-13,16-25,30,34,41-42H,10-11,14-15,26-29H2,1-6H3,(H,47,50)/t41-,42-/m0/s1. The monoisotopic (exact) mass is 730 g/mol. The van der Waals surface area contributed by atoms with Crippen molar-refractivity contribution < 1.29 is 28.6 Å². The predicted octanol–water partition coefficient (Wildman–Crippen LogP) is 9.91. The number of hydrogen-bond acceptors (Lipinski definition) is 6. The highest BCUT2D eigenvalue weighted by Gasteiger charge is 2.39. The van der Waals surface area contributed by atoms with Gasteiger partial charge in [0.05, 0.1) is 6.42 Å². The van der Waals surface area contributed by atoms with Crippen molar-refractivity contribution in [1.82, 2.24) is 10.2 Å². The summed E-state index contributed by atoms with van der Waals surface area (Å²) in [6.07, 6.45) is 4.19. The van der Waals surface area contributed by atoms with Crippen molar-refractivity contribution in [2.24, 2.45) is 5.92 Å². The van der Waals surface area contributed by atoms with Gasteiger partial charge in [0.15, 0.2) is 0 Å². The average Bonchev–Trinajstić information content (AvgIpc) is 3.68. The van der Waals surface area contributed by atoms with Crippen LogP contribution >= 0.6 is 0 Å². The number of nitrogens with one attached hydrogen (secondary N) is 1. The minimum atomic E-state index is -0.944. The Morgan fingerprint density at radius 3 is 2.09 bits per heavy atom. The second-order valence-electron chi connectivity index (χ2n) is 16.5. The van der Waals surface area contributed by atoms with Gasteiger partial charge in [0.1, 0.15) is 29.2 Å². The molecule has 4 aromatic carbocycles. The summed E-state index contributed by atoms with van der Waals surface area (Å²) in [6.45, 7) is 12.4. The van der Waals surface area contributed by atoms with Crippen LogP contribution in [0.4, 0.5) is 4.79 Å². The van der Waals surface area contributed by atoms with E-state index in [1.807, 2.05) is 75.4 Å². The van der Waals surface area contributed by atoms with E-state index >= 15 is 0 Å². The Kier molecular flexibility index (Phi) is 11.8. The lowest BCUT2D eigenvalue weighted by molar-refractivity contribution is -0.134. The first-order valence-corrected chi connectivity index (χ1v) is 19.3. The minimum Gasteiger partial charge on any atom is -0.485 e. The molecule has 0 aromatic heterocycles. The summed E-state index contributed by atoms with van der Waals surface area (Å²) in [5, 5.41) is 2.93. The first-order chi connectivity index (χ1) is 25.7. The average molecular weight is 731 g/mol. The van der Waals surface area contributed by atoms with Gasteiger partial charge in [0.25, 0.3) is 0 Å². The van der Waals surface area contributed by atoms with Crippen LogP contribution in [0, 0.1) is 5.92 Å². The second kappa shape index (κ2) is 16.5. The molecule has 0 saturated heterocycles. The molecule has 2 amide bonds. The van der Waals surface area contributed by atoms with E-state index in [-0.39, 0.29) is 30.4 Å². The molecule has 54 heavy (non-hydrogen) atoms. The topological polar surface area (TPSA) is 94.2 Å². The molecule has 0 radical (unpaired) electrons. The summed E-state index contributed by atoms with van der Waals surface area (Å²) in [5.74, 6) is 0.713. The van der Waals surface area contributed by atoms with E-state index in [9.17, 15) is 14.4 Å². The van der Waals surface area contributed by atoms with Crippen LogP contribution in [0.25, 0.3) is 11.1 Å². The van der Waals surface area contributed by atoms with E-state index in [4.69, 9.17) is 14.2 Å². The van der Waals surface area contributed by atoms with Crippen LogP contribution in [0.2, 0.25) is 0 Å². The quantitative estimate of drug-likeness (QED) is 0.129. The summed E-state index contributed by atoms with van der Waals surface area (Å²) in [4.78, 5) is 42.1. The summed E-state index contributed by atoms with van der Waals surface area (Å²) in [5.41, 5.74) is 5.34. The lowest BCUT2D eigenvalue weighted by Gasteiger charge is -2.38. The maximum absolute atomic E-state index is 14.2. The maximum Gasteiger partial charge on any atom is 0.411 e. The molecule has 0 bridgehead atoms. The van der Waals surface area contributed by atoms with Gasteiger partial charge in [-0.25, -0.2) is 4.79 Å². The zero-order chi connectivity index (χ0) is 38.5. The summed E-state index contributed by atoms with van der Waals surface area (Å²) in [7, 11) is 0. The zero-order valence-electron chi connectivity index (χ0n) is 32.5. The number of nitrogens with zero attached hydrogens (tertiary/aromatic N) is 1. The van der Waals surface area contributed by atoms with Gasteiger partial charge in [-0.15, -0.1) is 0 Å². The molecule has 6 rings (SSSR count). The van der Waals surface area contributed by atoms with E-state index in [0.717, 1.165) is 59.3 Å². The molecule has 1 aliphatic heterocycles. The lowest BCUT2D eigenvalue weighted by Crippen LogP contribution is -2.49. The van der Waals surface area contributed by atoms with Crippen LogP contribution in [0.5, 0.6) is 11.5 Å². The summed E-state index contributed by atoms with van der Waals surface area (Å²) >= 11 is 0. The van der Waals surface area contributed by atoms with Gasteiger partial charge in [0, 0.05) is 19.0 Å². The third kappa shape index (κ3) is 9.70. The Labute approximate surface area is 320 Å². The van der Waals surface area contributed by atoms with Gasteiger partial charge in [-0.2, -0.15) is 0 Å². The normalized spacial score (nSPS) is 16.6. The summed E-state index contributed by atoms with van der Waals surface area (Å²) in [6, 6.07) is 31.0. The van der Waals surface area contributed by atoms with E-state index in [1.165, 1.54) is 10.5 Å². The first-order valence-electron chi connectivity index (χ1n) is 19.3. The number of amides is 2. The lowest BCUT2D eigenvalue weighted by atomic mass is 9.86. The molecule has 8 heteroatoms. The van der Waals surface area contributed by atoms with Gasteiger partial charge in [-0.05, 0) is 109 Å². The highest BCUT2D eigenvalue weighted by Crippen LogP contribution is 2.41. The van der Waals surface area contributed by atoms with E-state index in [0.29, 0.717) is 24.6 Å². The molecule has 0 unspecified atom stereocenters. The van der Waals surface area contributed by atoms with Crippen molar-refractivity contribution in [3.8, 4) is 22.6 Å². The fraction of sp³-hybridized carbons (Fsp3) is 0.413. The highest BCUT2D eigenvalue weighted by molar-refractivity contribution is 5.88. The Bertz CT molecular complexity index is 1900. The maximum atomic E-state index is 14.2. The molecule has 4 aromatic rings. The number of ether oxygens (including phenoxy) is 3. The number of esters is 1. The van der Waals surface area contributed by atoms with Gasteiger partial charge in [-0.3, -0.25) is 14.5 Å². The molecule has 8 nitrogen and oxygen atoms in total. The van der Waals surface area contributed by atoms with Crippen molar-refractivity contribution in [2.75, 3.05) is 13.1 Å². The van der Waals surface area contributed by atoms with Crippen molar-refractivity contribution in [2.45, 2.75) is 103 Å². The van der Waals surface area contributed by atoms with Crippen LogP contribution in [-0.2, 0) is 26.2 Å². The number of fused-ring (bicyclic) bond motifs is 1. The molecule has 284 valence electrons. The smallest absolute Gasteiger partial charge is 0.411 e. The van der Waals surface area contributed by atoms with Crippen molar-refractivity contribution >= 4 is 18.0 Å². The SMILES string of the molecule is CC(C)(C)OC(=O)N1CCc2ccc([C@@H](Oc3ccc(C(C)(C)C)cc3)C3CCCC3)cc2[C@H]1C(=O)NCCC(=O)Oc1ccc(-c2ccccc2)cc1. The summed E-state index contributed by atoms with van der Waals surface area (Å²) < 4.78 is 18.2. The van der Waals surface area contributed by atoms with Crippen molar-refractivity contribution in [3.05, 3.63) is 119 Å². The van der Waals surface area contributed by atoms with Crippen molar-refractivity contribution in [3.63, 3.8) is 0 Å². The number of carbonyl (C=O) groups is 3. The molecular weight excluding hydrogens is 677 g/mol. The second-order valence-corrected chi connectivity index (χ2v) is 16.5. The molecule has 1 N–H and O–H groups in total. The molecule has 2 atom stereocenters. The van der Waals surface area contributed by atoms with Crippen LogP contribution in [-0.4, -0.2) is 41.6 Å². The van der Waals surface area contributed by atoms with Crippen molar-refractivity contribution in [1.29, 1.82) is 0 Å². The van der Waals surface area contributed by atoms with Gasteiger partial charge < -0.3 is 19.5 Å². The Hall–Kier alpha value is -5.11. The van der Waals surface area contributed by atoms with Crippen LogP contribution in [0.3, 0.4) is 0 Å². The zero-order valence-corrected chi connectivity index (χ0v) is 32.5. The Balaban J connectivity index is 1.20. The van der Waals surface area contributed by atoms with Gasteiger partial charge in [-0.1, -0.05) is 100 Å². The van der Waals surface area contributed by atoms with Gasteiger partial charge >= 0.3 is 12.1 Å².